The van der Waals surface area contributed by atoms with Crippen LogP contribution in [0.3, 0.4) is 0 Å². The van der Waals surface area contributed by atoms with Gasteiger partial charge in [-0.25, -0.2) is 9.78 Å². The molecule has 7 nitrogen and oxygen atoms in total. The van der Waals surface area contributed by atoms with E-state index in [1.807, 2.05) is 42.5 Å². The number of carbonyl (C=O) groups is 2. The number of thioether (sulfide) groups is 1. The van der Waals surface area contributed by atoms with E-state index in [9.17, 15) is 9.59 Å². The summed E-state index contributed by atoms with van der Waals surface area (Å²) < 4.78 is 15.7. The van der Waals surface area contributed by atoms with E-state index in [1.165, 1.54) is 24.9 Å². The summed E-state index contributed by atoms with van der Waals surface area (Å²) in [4.78, 5) is 28.6. The number of rotatable bonds is 7. The highest BCUT2D eigenvalue weighted by atomic mass is 32.2. The van der Waals surface area contributed by atoms with Crippen LogP contribution in [0.5, 0.6) is 0 Å². The van der Waals surface area contributed by atoms with Gasteiger partial charge < -0.3 is 18.9 Å². The first-order valence-electron chi connectivity index (χ1n) is 9.15. The van der Waals surface area contributed by atoms with Crippen LogP contribution in [0, 0.1) is 0 Å². The summed E-state index contributed by atoms with van der Waals surface area (Å²) in [5.74, 6) is 0.289. The van der Waals surface area contributed by atoms with Crippen molar-refractivity contribution < 1.29 is 23.2 Å². The summed E-state index contributed by atoms with van der Waals surface area (Å²) in [7, 11) is 1.28. The highest BCUT2D eigenvalue weighted by Crippen LogP contribution is 2.27. The van der Waals surface area contributed by atoms with Crippen LogP contribution >= 0.6 is 11.8 Å². The molecule has 2 heterocycles. The van der Waals surface area contributed by atoms with Crippen molar-refractivity contribution >= 4 is 34.7 Å². The Labute approximate surface area is 176 Å². The van der Waals surface area contributed by atoms with Gasteiger partial charge in [-0.05, 0) is 35.9 Å². The Morgan fingerprint density at radius 3 is 2.67 bits per heavy atom. The Bertz CT molecular complexity index is 1160. The van der Waals surface area contributed by atoms with Crippen molar-refractivity contribution in [1.29, 1.82) is 0 Å². The highest BCUT2D eigenvalue weighted by Gasteiger charge is 2.15. The van der Waals surface area contributed by atoms with Gasteiger partial charge in [0.1, 0.15) is 11.3 Å². The third-order valence-corrected chi connectivity index (χ3v) is 5.24. The number of amides is 1. The van der Waals surface area contributed by atoms with Crippen LogP contribution in [-0.2, 0) is 17.0 Å². The van der Waals surface area contributed by atoms with Crippen molar-refractivity contribution in [2.24, 2.45) is 0 Å². The van der Waals surface area contributed by atoms with E-state index in [-0.39, 0.29) is 18.2 Å². The molecule has 0 aliphatic rings. The molecule has 4 aromatic rings. The maximum atomic E-state index is 12.7. The molecule has 1 N–H and O–H groups in total. The monoisotopic (exact) mass is 422 g/mol. The molecule has 0 radical (unpaired) electrons. The first-order valence-corrected chi connectivity index (χ1v) is 10.1. The van der Waals surface area contributed by atoms with E-state index < -0.39 is 5.97 Å². The second-order valence-electron chi connectivity index (χ2n) is 6.33. The Hall–Kier alpha value is -3.52. The lowest BCUT2D eigenvalue weighted by molar-refractivity contribution is 0.0563. The molecule has 0 atom stereocenters. The molecule has 30 heavy (non-hydrogen) atoms. The van der Waals surface area contributed by atoms with Crippen LogP contribution in [0.25, 0.3) is 11.1 Å². The molecular formula is C22H18N2O5S. The van der Waals surface area contributed by atoms with E-state index in [0.29, 0.717) is 22.3 Å². The first kappa shape index (κ1) is 19.8. The molecule has 0 aliphatic heterocycles. The van der Waals surface area contributed by atoms with Crippen LogP contribution in [0.15, 0.2) is 74.7 Å². The van der Waals surface area contributed by atoms with Gasteiger partial charge in [0.05, 0.1) is 13.7 Å². The number of methoxy groups -OCH3 is 1. The third kappa shape index (κ3) is 4.38. The van der Waals surface area contributed by atoms with Crippen molar-refractivity contribution in [3.63, 3.8) is 0 Å². The number of fused-ring (bicyclic) bond motifs is 1. The van der Waals surface area contributed by atoms with Crippen molar-refractivity contribution in [3.8, 4) is 0 Å². The first-order chi connectivity index (χ1) is 14.6. The number of hydrogen-bond acceptors (Lipinski definition) is 7. The van der Waals surface area contributed by atoms with Crippen LogP contribution in [0.4, 0.5) is 0 Å². The maximum absolute atomic E-state index is 12.7. The number of oxazole rings is 1. The number of nitrogens with zero attached hydrogens (tertiary/aromatic N) is 1. The lowest BCUT2D eigenvalue weighted by Gasteiger charge is -2.08. The number of carbonyl (C=O) groups excluding carboxylic acids is 2. The molecule has 0 saturated heterocycles. The summed E-state index contributed by atoms with van der Waals surface area (Å²) in [6.45, 7) is 0.155. The highest BCUT2D eigenvalue weighted by molar-refractivity contribution is 7.98. The standard InChI is InChI=1S/C22H18N2O5S/c1-27-21(26)19-11-10-15(28-19)12-23-20(25)16-7-3-2-6-14(16)13-30-22-24-17-8-4-5-9-18(17)29-22/h2-11H,12-13H2,1H3,(H,23,25). The fourth-order valence-electron chi connectivity index (χ4n) is 2.87. The van der Waals surface area contributed by atoms with Gasteiger partial charge >= 0.3 is 5.97 Å². The number of ether oxygens (including phenoxy) is 1. The number of para-hydroxylation sites is 2. The van der Waals surface area contributed by atoms with E-state index in [0.717, 1.165) is 16.7 Å². The number of benzene rings is 2. The summed E-state index contributed by atoms with van der Waals surface area (Å²) in [6, 6.07) is 18.1. The Morgan fingerprint density at radius 2 is 1.83 bits per heavy atom. The minimum Gasteiger partial charge on any atom is -0.463 e. The largest absolute Gasteiger partial charge is 0.463 e. The molecule has 0 spiro atoms. The predicted octanol–water partition coefficient (Wildman–Crippen LogP) is 4.43. The van der Waals surface area contributed by atoms with Crippen LogP contribution in [0.2, 0.25) is 0 Å². The van der Waals surface area contributed by atoms with E-state index in [2.05, 4.69) is 15.0 Å². The van der Waals surface area contributed by atoms with Gasteiger partial charge in [-0.1, -0.05) is 42.1 Å². The van der Waals surface area contributed by atoms with Crippen LogP contribution in [0.1, 0.15) is 32.2 Å². The summed E-state index contributed by atoms with van der Waals surface area (Å²) >= 11 is 1.43. The van der Waals surface area contributed by atoms with Crippen molar-refractivity contribution in [2.45, 2.75) is 17.5 Å². The zero-order chi connectivity index (χ0) is 20.9. The number of hydrogen-bond donors (Lipinski definition) is 1. The SMILES string of the molecule is COC(=O)c1ccc(CNC(=O)c2ccccc2CSc2nc3ccccc3o2)o1. The molecule has 1 amide bonds. The fraction of sp³-hybridized carbons (Fsp3) is 0.136. The summed E-state index contributed by atoms with van der Waals surface area (Å²) in [5.41, 5.74) is 2.95. The minimum absolute atomic E-state index is 0.0943. The van der Waals surface area contributed by atoms with Crippen LogP contribution < -0.4 is 5.32 Å². The quantitative estimate of drug-likeness (QED) is 0.348. The van der Waals surface area contributed by atoms with Gasteiger partial charge in [-0.2, -0.15) is 0 Å². The summed E-state index contributed by atoms with van der Waals surface area (Å²) in [6.07, 6.45) is 0. The molecule has 0 saturated carbocycles. The minimum atomic E-state index is -0.561. The van der Waals surface area contributed by atoms with Gasteiger partial charge in [0.2, 0.25) is 5.76 Å². The van der Waals surface area contributed by atoms with Gasteiger partial charge in [0, 0.05) is 11.3 Å². The molecule has 8 heteroatoms. The lowest BCUT2D eigenvalue weighted by atomic mass is 10.1. The number of esters is 1. The summed E-state index contributed by atoms with van der Waals surface area (Å²) in [5, 5.41) is 3.37. The van der Waals surface area contributed by atoms with Crippen molar-refractivity contribution in [2.75, 3.05) is 7.11 Å². The predicted molar refractivity (Wildman–Crippen MR) is 111 cm³/mol. The number of furan rings is 1. The van der Waals surface area contributed by atoms with E-state index in [4.69, 9.17) is 8.83 Å². The van der Waals surface area contributed by atoms with E-state index >= 15 is 0 Å². The second kappa shape index (κ2) is 8.87. The molecule has 0 bridgehead atoms. The molecule has 2 aromatic carbocycles. The average Bonchev–Trinajstić information content (AvgIpc) is 3.42. The average molecular weight is 422 g/mol. The third-order valence-electron chi connectivity index (χ3n) is 4.36. The number of nitrogens with one attached hydrogen (secondary N) is 1. The Balaban J connectivity index is 1.41. The molecule has 0 aliphatic carbocycles. The van der Waals surface area contributed by atoms with Gasteiger partial charge in [0.25, 0.3) is 11.1 Å². The second-order valence-corrected chi connectivity index (χ2v) is 7.26. The maximum Gasteiger partial charge on any atom is 0.373 e. The van der Waals surface area contributed by atoms with Crippen molar-refractivity contribution in [1.82, 2.24) is 10.3 Å². The normalized spacial score (nSPS) is 10.8. The van der Waals surface area contributed by atoms with Gasteiger partial charge in [-0.15, -0.1) is 0 Å². The van der Waals surface area contributed by atoms with Crippen molar-refractivity contribution in [3.05, 3.63) is 83.3 Å². The molecule has 152 valence electrons. The smallest absolute Gasteiger partial charge is 0.373 e. The molecular weight excluding hydrogens is 404 g/mol. The zero-order valence-corrected chi connectivity index (χ0v) is 16.9. The molecule has 2 aromatic heterocycles. The fourth-order valence-corrected chi connectivity index (χ4v) is 3.71. The Kier molecular flexibility index (Phi) is 5.85. The lowest BCUT2D eigenvalue weighted by Crippen LogP contribution is -2.23. The Morgan fingerprint density at radius 1 is 1.03 bits per heavy atom. The molecule has 0 unspecified atom stereocenters. The van der Waals surface area contributed by atoms with Gasteiger partial charge in [0.15, 0.2) is 5.58 Å². The van der Waals surface area contributed by atoms with E-state index in [1.54, 1.807) is 12.1 Å². The van der Waals surface area contributed by atoms with Gasteiger partial charge in [-0.3, -0.25) is 4.79 Å². The topological polar surface area (TPSA) is 94.6 Å². The molecule has 4 rings (SSSR count). The zero-order valence-electron chi connectivity index (χ0n) is 16.1. The van der Waals surface area contributed by atoms with Crippen LogP contribution in [-0.4, -0.2) is 24.0 Å². The number of aromatic nitrogens is 1. The molecule has 0 fully saturated rings.